The molecule has 71 heavy (non-hydrogen) atoms. The number of benzene rings is 4. The van der Waals surface area contributed by atoms with Crippen LogP contribution >= 0.6 is 23.2 Å². The zero-order valence-electron chi connectivity index (χ0n) is 36.5. The van der Waals surface area contributed by atoms with E-state index in [1.54, 1.807) is 48.5 Å². The highest BCUT2D eigenvalue weighted by Crippen LogP contribution is 2.37. The lowest BCUT2D eigenvalue weighted by molar-refractivity contribution is -0.142. The van der Waals surface area contributed by atoms with Crippen LogP contribution in [0, 0.1) is 0 Å². The first-order valence-electron chi connectivity index (χ1n) is 21.0. The maximum atomic E-state index is 13.3. The quantitative estimate of drug-likeness (QED) is 0.139. The minimum atomic E-state index is -4.57. The van der Waals surface area contributed by atoms with Crippen LogP contribution in [0.3, 0.4) is 0 Å². The average Bonchev–Trinajstić information content (AvgIpc) is 3.86. The van der Waals surface area contributed by atoms with Crippen LogP contribution in [0.2, 0.25) is 10.0 Å². The summed E-state index contributed by atoms with van der Waals surface area (Å²) in [7, 11) is 1.39. The zero-order valence-corrected chi connectivity index (χ0v) is 38.0. The Labute approximate surface area is 405 Å². The largest absolute Gasteiger partial charge is 0.468 e. The number of nitrogens with zero attached hydrogens (tertiary/aromatic N) is 9. The third kappa shape index (κ3) is 9.79. The van der Waals surface area contributed by atoms with E-state index < -0.39 is 40.8 Å². The van der Waals surface area contributed by atoms with Gasteiger partial charge in [-0.25, -0.2) is 23.7 Å². The summed E-state index contributed by atoms with van der Waals surface area (Å²) in [4.78, 5) is 53.7. The number of ether oxygens (including phenoxy) is 1. The number of alkyl halides is 6. The number of rotatable bonds is 9. The van der Waals surface area contributed by atoms with Crippen molar-refractivity contribution < 1.29 is 31.1 Å². The first-order chi connectivity index (χ1) is 34.0. The number of halogens is 8. The van der Waals surface area contributed by atoms with E-state index in [4.69, 9.17) is 27.9 Å². The number of nitrogens with one attached hydrogen (secondary N) is 1. The zero-order chi connectivity index (χ0) is 50.2. The van der Waals surface area contributed by atoms with Gasteiger partial charge in [-0.1, -0.05) is 120 Å². The van der Waals surface area contributed by atoms with E-state index in [0.717, 1.165) is 49.4 Å². The molecule has 14 nitrogen and oxygen atoms in total. The fraction of sp³-hybridized carbons (Fsp3) is 0.102. The van der Waals surface area contributed by atoms with Crippen molar-refractivity contribution >= 4 is 34.5 Å². The van der Waals surface area contributed by atoms with Gasteiger partial charge in [-0.2, -0.15) is 40.1 Å². The Morgan fingerprint density at radius 3 is 1.45 bits per heavy atom. The van der Waals surface area contributed by atoms with E-state index >= 15 is 0 Å². The minimum Gasteiger partial charge on any atom is -0.468 e. The predicted octanol–water partition coefficient (Wildman–Crippen LogP) is 9.98. The van der Waals surface area contributed by atoms with Gasteiger partial charge in [0.05, 0.1) is 42.7 Å². The summed E-state index contributed by atoms with van der Waals surface area (Å²) >= 11 is 12.1. The highest BCUT2D eigenvalue weighted by molar-refractivity contribution is 6.31. The first-order valence-corrected chi connectivity index (χ1v) is 21.7. The Morgan fingerprint density at radius 1 is 0.549 bits per heavy atom. The second-order valence-corrected chi connectivity index (χ2v) is 16.4. The van der Waals surface area contributed by atoms with Crippen LogP contribution in [-0.2, 0) is 25.4 Å². The third-order valence-corrected chi connectivity index (χ3v) is 11.4. The molecule has 0 saturated carbocycles. The number of fused-ring (bicyclic) bond motifs is 2. The molecule has 0 aliphatic heterocycles. The standard InChI is InChI=1S/C25H17ClF3N5O2.C24H15ClF3N5O2/c1-36-23-31-21(17-8-10-18(26)11-9-17)20(16-5-3-2-4-6-16)22-32-33(24(35)34(22)23)14-15-7-12-19(30-13-15)25(27,28)29;25-17-9-7-16(8-10-17)20-19(15-4-2-1-3-5-15)21-31-32(23(35)33(21)22(34)30-20)13-14-6-11-18(29-12-14)24(26,27)28/h2-13H,14H2,1H3;1-12H,13H2,(H,30,34). The van der Waals surface area contributed by atoms with Crippen LogP contribution in [0.5, 0.6) is 6.01 Å². The van der Waals surface area contributed by atoms with Crippen molar-refractivity contribution in [1.29, 1.82) is 0 Å². The van der Waals surface area contributed by atoms with E-state index in [1.165, 1.54) is 23.6 Å². The van der Waals surface area contributed by atoms with Gasteiger partial charge in [0.2, 0.25) is 0 Å². The van der Waals surface area contributed by atoms with Crippen LogP contribution < -0.4 is 21.8 Å². The summed E-state index contributed by atoms with van der Waals surface area (Å²) in [6.45, 7) is -0.269. The molecule has 10 aromatic rings. The number of aromatic amines is 1. The van der Waals surface area contributed by atoms with Gasteiger partial charge in [-0.15, -0.1) is 10.2 Å². The van der Waals surface area contributed by atoms with Gasteiger partial charge >= 0.3 is 35.4 Å². The molecular weight excluding hydrogens is 977 g/mol. The summed E-state index contributed by atoms with van der Waals surface area (Å²) in [6.07, 6.45) is -7.03. The average molecular weight is 1010 g/mol. The molecule has 0 unspecified atom stereocenters. The maximum Gasteiger partial charge on any atom is 0.433 e. The molecule has 0 fully saturated rings. The molecule has 1 N–H and O–H groups in total. The maximum absolute atomic E-state index is 13.3. The van der Waals surface area contributed by atoms with Crippen molar-refractivity contribution in [1.82, 2.24) is 48.3 Å². The SMILES string of the molecule is COc1nc(-c2ccc(Cl)cc2)c(-c2ccccc2)c2nn(Cc3ccc(C(F)(F)F)nc3)c(=O)n12.O=c1[nH]c(-c2ccc(Cl)cc2)c(-c2ccccc2)c2nn(Cc3ccc(C(F)(F)F)nc3)c(=O)n12. The van der Waals surface area contributed by atoms with Crippen LogP contribution in [0.25, 0.3) is 56.1 Å². The van der Waals surface area contributed by atoms with E-state index in [-0.39, 0.29) is 30.4 Å². The molecule has 6 heterocycles. The lowest BCUT2D eigenvalue weighted by Crippen LogP contribution is -2.30. The lowest BCUT2D eigenvalue weighted by Gasteiger charge is -2.13. The monoisotopic (exact) mass is 1010 g/mol. The Bertz CT molecular complexity index is 3730. The van der Waals surface area contributed by atoms with Gasteiger partial charge in [0.1, 0.15) is 11.4 Å². The van der Waals surface area contributed by atoms with Gasteiger partial charge in [-0.05, 0) is 64.2 Å². The first kappa shape index (κ1) is 47.7. The van der Waals surface area contributed by atoms with Crippen molar-refractivity contribution in [2.24, 2.45) is 0 Å². The van der Waals surface area contributed by atoms with Gasteiger partial charge in [-0.3, -0.25) is 9.97 Å². The molecule has 0 spiro atoms. The molecule has 0 saturated heterocycles. The van der Waals surface area contributed by atoms with Crippen molar-refractivity contribution in [3.8, 4) is 50.8 Å². The van der Waals surface area contributed by atoms with Gasteiger partial charge in [0.15, 0.2) is 11.3 Å². The molecule has 0 atom stereocenters. The smallest absolute Gasteiger partial charge is 0.433 e. The van der Waals surface area contributed by atoms with E-state index in [1.807, 2.05) is 60.7 Å². The summed E-state index contributed by atoms with van der Waals surface area (Å²) in [5.41, 5.74) is 1.93. The molecule has 0 radical (unpaired) electrons. The molecular formula is C49H32Cl2F6N10O4. The number of pyridine rings is 2. The summed E-state index contributed by atoms with van der Waals surface area (Å²) in [6, 6.07) is 36.5. The van der Waals surface area contributed by atoms with Crippen molar-refractivity contribution in [2.75, 3.05) is 7.11 Å². The lowest BCUT2D eigenvalue weighted by atomic mass is 10.00. The molecule has 0 amide bonds. The number of hydrogen-bond acceptors (Lipinski definition) is 9. The van der Waals surface area contributed by atoms with Crippen LogP contribution in [-0.4, -0.2) is 55.4 Å². The van der Waals surface area contributed by atoms with Crippen LogP contribution in [0.1, 0.15) is 22.5 Å². The Balaban J connectivity index is 0.000000176. The molecule has 6 aromatic heterocycles. The molecule has 10 rings (SSSR count). The van der Waals surface area contributed by atoms with Gasteiger partial charge < -0.3 is 9.72 Å². The number of hydrogen-bond donors (Lipinski definition) is 1. The van der Waals surface area contributed by atoms with Crippen molar-refractivity contribution in [2.45, 2.75) is 25.4 Å². The molecule has 0 bridgehead atoms. The summed E-state index contributed by atoms with van der Waals surface area (Å²) in [5, 5.41) is 10.0. The van der Waals surface area contributed by atoms with E-state index in [2.05, 4.69) is 30.1 Å². The van der Waals surface area contributed by atoms with Crippen LogP contribution in [0.4, 0.5) is 26.3 Å². The highest BCUT2D eigenvalue weighted by atomic mass is 35.5. The fourth-order valence-electron chi connectivity index (χ4n) is 7.60. The normalized spacial score (nSPS) is 11.7. The van der Waals surface area contributed by atoms with Crippen molar-refractivity contribution in [3.05, 3.63) is 210 Å². The summed E-state index contributed by atoms with van der Waals surface area (Å²) in [5.74, 6) is 0. The van der Waals surface area contributed by atoms with E-state index in [0.29, 0.717) is 54.8 Å². The number of aromatic nitrogens is 10. The highest BCUT2D eigenvalue weighted by Gasteiger charge is 2.33. The third-order valence-electron chi connectivity index (χ3n) is 10.9. The molecule has 0 aliphatic carbocycles. The Kier molecular flexibility index (Phi) is 12.9. The summed E-state index contributed by atoms with van der Waals surface area (Å²) < 4.78 is 86.8. The fourth-order valence-corrected chi connectivity index (χ4v) is 7.85. The predicted molar refractivity (Wildman–Crippen MR) is 252 cm³/mol. The second-order valence-electron chi connectivity index (χ2n) is 15.5. The molecule has 0 aliphatic rings. The second kappa shape index (κ2) is 19.2. The molecule has 22 heteroatoms. The van der Waals surface area contributed by atoms with Crippen LogP contribution in [0.15, 0.2) is 160 Å². The van der Waals surface area contributed by atoms with E-state index in [9.17, 15) is 40.7 Å². The van der Waals surface area contributed by atoms with Crippen molar-refractivity contribution in [3.63, 3.8) is 0 Å². The number of H-pyrrole nitrogens is 1. The van der Waals surface area contributed by atoms with Gasteiger partial charge in [0.25, 0.3) is 0 Å². The Hall–Kier alpha value is -8.36. The Morgan fingerprint density at radius 2 is 1.00 bits per heavy atom. The number of methoxy groups -OCH3 is 1. The topological polar surface area (TPSA) is 159 Å². The molecule has 358 valence electrons. The molecule has 4 aromatic carbocycles. The minimum absolute atomic E-state index is 0.0106. The van der Waals surface area contributed by atoms with Gasteiger partial charge in [0, 0.05) is 28.0 Å².